The van der Waals surface area contributed by atoms with E-state index < -0.39 is 0 Å². The molecule has 0 radical (unpaired) electrons. The summed E-state index contributed by atoms with van der Waals surface area (Å²) in [6.45, 7) is 2.09. The summed E-state index contributed by atoms with van der Waals surface area (Å²) in [5.41, 5.74) is 3.61. The molecule has 104 valence electrons. The molecule has 0 saturated heterocycles. The predicted octanol–water partition coefficient (Wildman–Crippen LogP) is 4.61. The Hall–Kier alpha value is -1.87. The minimum atomic E-state index is 0.164. The highest BCUT2D eigenvalue weighted by molar-refractivity contribution is 8.01. The highest BCUT2D eigenvalue weighted by atomic mass is 32.2. The molecule has 0 aliphatic heterocycles. The number of phenols is 1. The van der Waals surface area contributed by atoms with Gasteiger partial charge in [-0.25, -0.2) is 0 Å². The Kier molecular flexibility index (Phi) is 5.13. The fourth-order valence-corrected chi connectivity index (χ4v) is 2.49. The van der Waals surface area contributed by atoms with Gasteiger partial charge in [0.15, 0.2) is 11.5 Å². The first-order valence-corrected chi connectivity index (χ1v) is 7.44. The van der Waals surface area contributed by atoms with Crippen LogP contribution in [0.15, 0.2) is 47.9 Å². The van der Waals surface area contributed by atoms with Crippen molar-refractivity contribution in [1.82, 2.24) is 0 Å². The zero-order valence-corrected chi connectivity index (χ0v) is 12.5. The average molecular weight is 286 g/mol. The van der Waals surface area contributed by atoms with Crippen LogP contribution in [0, 0.1) is 6.92 Å². The number of aryl methyl sites for hydroxylation is 1. The van der Waals surface area contributed by atoms with Gasteiger partial charge in [0.1, 0.15) is 0 Å². The number of aromatic hydroxyl groups is 1. The van der Waals surface area contributed by atoms with Crippen LogP contribution in [0.3, 0.4) is 0 Å². The Morgan fingerprint density at radius 2 is 1.90 bits per heavy atom. The molecule has 0 bridgehead atoms. The van der Waals surface area contributed by atoms with Gasteiger partial charge in [0, 0.05) is 5.75 Å². The van der Waals surface area contributed by atoms with E-state index in [0.29, 0.717) is 5.75 Å². The molecule has 20 heavy (non-hydrogen) atoms. The lowest BCUT2D eigenvalue weighted by molar-refractivity contribution is 0.373. The van der Waals surface area contributed by atoms with Crippen molar-refractivity contribution in [2.75, 3.05) is 7.11 Å². The van der Waals surface area contributed by atoms with E-state index in [1.54, 1.807) is 24.9 Å². The van der Waals surface area contributed by atoms with Crippen LogP contribution in [0.25, 0.3) is 6.08 Å². The maximum Gasteiger partial charge on any atom is 0.161 e. The number of thioether (sulfide) groups is 1. The number of hydrogen-bond donors (Lipinski definition) is 1. The highest BCUT2D eigenvalue weighted by Gasteiger charge is 2.00. The summed E-state index contributed by atoms with van der Waals surface area (Å²) in [6.07, 6.45) is 2.01. The van der Waals surface area contributed by atoms with Crippen LogP contribution in [0.2, 0.25) is 0 Å². The lowest BCUT2D eigenvalue weighted by atomic mass is 10.2. The second-order valence-corrected chi connectivity index (χ2v) is 5.42. The summed E-state index contributed by atoms with van der Waals surface area (Å²) in [5.74, 6) is 1.61. The highest BCUT2D eigenvalue weighted by Crippen LogP contribution is 2.27. The van der Waals surface area contributed by atoms with Crippen molar-refractivity contribution in [3.63, 3.8) is 0 Å². The smallest absolute Gasteiger partial charge is 0.161 e. The third-order valence-corrected chi connectivity index (χ3v) is 3.76. The molecule has 0 aliphatic carbocycles. The van der Waals surface area contributed by atoms with E-state index in [-0.39, 0.29) is 5.75 Å². The van der Waals surface area contributed by atoms with E-state index in [2.05, 4.69) is 36.6 Å². The Morgan fingerprint density at radius 1 is 1.15 bits per heavy atom. The maximum absolute atomic E-state index is 9.52. The Balaban J connectivity index is 1.91. The van der Waals surface area contributed by atoms with Crippen molar-refractivity contribution in [2.24, 2.45) is 0 Å². The van der Waals surface area contributed by atoms with E-state index in [9.17, 15) is 5.11 Å². The minimum absolute atomic E-state index is 0.164. The van der Waals surface area contributed by atoms with Gasteiger partial charge in [-0.05, 0) is 41.7 Å². The molecule has 3 heteroatoms. The van der Waals surface area contributed by atoms with Crippen LogP contribution in [0.5, 0.6) is 11.5 Å². The van der Waals surface area contributed by atoms with E-state index in [1.165, 1.54) is 11.1 Å². The van der Waals surface area contributed by atoms with Crippen LogP contribution < -0.4 is 4.74 Å². The summed E-state index contributed by atoms with van der Waals surface area (Å²) in [6, 6.07) is 13.9. The Bertz CT molecular complexity index is 588. The summed E-state index contributed by atoms with van der Waals surface area (Å²) < 4.78 is 5.08. The molecule has 0 saturated carbocycles. The number of benzene rings is 2. The first-order valence-electron chi connectivity index (χ1n) is 6.40. The fraction of sp³-hybridized carbons (Fsp3) is 0.176. The van der Waals surface area contributed by atoms with Gasteiger partial charge in [0.2, 0.25) is 0 Å². The van der Waals surface area contributed by atoms with Crippen LogP contribution in [-0.4, -0.2) is 12.2 Å². The van der Waals surface area contributed by atoms with Gasteiger partial charge in [0.25, 0.3) is 0 Å². The fourth-order valence-electron chi connectivity index (χ4n) is 1.75. The third kappa shape index (κ3) is 4.07. The first kappa shape index (κ1) is 14.5. The molecular weight excluding hydrogens is 268 g/mol. The number of hydrogen-bond acceptors (Lipinski definition) is 3. The molecule has 0 unspecified atom stereocenters. The number of phenolic OH excluding ortho intramolecular Hbond substituents is 1. The number of methoxy groups -OCH3 is 1. The zero-order valence-electron chi connectivity index (χ0n) is 11.7. The van der Waals surface area contributed by atoms with Crippen LogP contribution >= 0.6 is 11.8 Å². The first-order chi connectivity index (χ1) is 9.69. The summed E-state index contributed by atoms with van der Waals surface area (Å²) >= 11 is 1.74. The van der Waals surface area contributed by atoms with Crippen molar-refractivity contribution in [3.8, 4) is 11.5 Å². The number of ether oxygens (including phenoxy) is 1. The molecule has 2 aromatic rings. The molecule has 0 aromatic heterocycles. The van der Waals surface area contributed by atoms with Crippen LogP contribution in [0.1, 0.15) is 16.7 Å². The molecule has 0 atom stereocenters. The normalized spacial score (nSPS) is 10.9. The lowest BCUT2D eigenvalue weighted by Gasteiger charge is -2.03. The topological polar surface area (TPSA) is 29.5 Å². The second kappa shape index (κ2) is 7.06. The van der Waals surface area contributed by atoms with E-state index >= 15 is 0 Å². The van der Waals surface area contributed by atoms with Crippen LogP contribution in [0.4, 0.5) is 0 Å². The van der Waals surface area contributed by atoms with Crippen molar-refractivity contribution < 1.29 is 9.84 Å². The Labute approximate surface area is 124 Å². The molecule has 2 aromatic carbocycles. The molecule has 0 heterocycles. The monoisotopic (exact) mass is 286 g/mol. The third-order valence-electron chi connectivity index (χ3n) is 2.93. The molecule has 0 aliphatic rings. The zero-order chi connectivity index (χ0) is 14.4. The lowest BCUT2D eigenvalue weighted by Crippen LogP contribution is -1.84. The van der Waals surface area contributed by atoms with Gasteiger partial charge in [-0.2, -0.15) is 0 Å². The molecule has 2 rings (SSSR count). The van der Waals surface area contributed by atoms with Crippen molar-refractivity contribution in [1.29, 1.82) is 0 Å². The predicted molar refractivity (Wildman–Crippen MR) is 86.2 cm³/mol. The SMILES string of the molecule is COc1cc(C=CSCc2ccc(C)cc2)ccc1O. The molecule has 0 amide bonds. The second-order valence-electron chi connectivity index (χ2n) is 4.53. The minimum Gasteiger partial charge on any atom is -0.504 e. The van der Waals surface area contributed by atoms with Gasteiger partial charge >= 0.3 is 0 Å². The molecule has 0 fully saturated rings. The van der Waals surface area contributed by atoms with E-state index in [0.717, 1.165) is 11.3 Å². The Morgan fingerprint density at radius 3 is 2.60 bits per heavy atom. The summed E-state index contributed by atoms with van der Waals surface area (Å²) in [7, 11) is 1.55. The standard InChI is InChI=1S/C17H18O2S/c1-13-3-5-15(6-4-13)12-20-10-9-14-7-8-16(18)17(11-14)19-2/h3-11,18H,12H2,1-2H3. The van der Waals surface area contributed by atoms with Gasteiger partial charge in [-0.3, -0.25) is 0 Å². The quantitative estimate of drug-likeness (QED) is 0.870. The molecule has 1 N–H and O–H groups in total. The summed E-state index contributed by atoms with van der Waals surface area (Å²) in [5, 5.41) is 11.6. The van der Waals surface area contributed by atoms with Crippen LogP contribution in [-0.2, 0) is 5.75 Å². The van der Waals surface area contributed by atoms with Gasteiger partial charge in [0.05, 0.1) is 7.11 Å². The van der Waals surface area contributed by atoms with E-state index in [4.69, 9.17) is 4.74 Å². The van der Waals surface area contributed by atoms with Gasteiger partial charge in [-0.1, -0.05) is 35.9 Å². The summed E-state index contributed by atoms with van der Waals surface area (Å²) in [4.78, 5) is 0. The molecular formula is C17H18O2S. The van der Waals surface area contributed by atoms with Gasteiger partial charge in [-0.15, -0.1) is 11.8 Å². The average Bonchev–Trinajstić information content (AvgIpc) is 2.47. The van der Waals surface area contributed by atoms with Crippen molar-refractivity contribution >= 4 is 17.8 Å². The number of rotatable bonds is 5. The van der Waals surface area contributed by atoms with Crippen molar-refractivity contribution in [2.45, 2.75) is 12.7 Å². The largest absolute Gasteiger partial charge is 0.504 e. The van der Waals surface area contributed by atoms with Gasteiger partial charge < -0.3 is 9.84 Å². The van der Waals surface area contributed by atoms with Crippen molar-refractivity contribution in [3.05, 3.63) is 64.6 Å². The molecule has 0 spiro atoms. The molecule has 2 nitrogen and oxygen atoms in total. The van der Waals surface area contributed by atoms with E-state index in [1.807, 2.05) is 18.2 Å². The maximum atomic E-state index is 9.52.